The van der Waals surface area contributed by atoms with Gasteiger partial charge in [-0.2, -0.15) is 0 Å². The monoisotopic (exact) mass is 304 g/mol. The highest BCUT2D eigenvalue weighted by Crippen LogP contribution is 2.26. The first-order valence-electron chi connectivity index (χ1n) is 6.44. The van der Waals surface area contributed by atoms with Gasteiger partial charge in [0.05, 0.1) is 12.4 Å². The fourth-order valence-corrected chi connectivity index (χ4v) is 2.38. The van der Waals surface area contributed by atoms with Crippen molar-refractivity contribution in [3.63, 3.8) is 0 Å². The van der Waals surface area contributed by atoms with Crippen LogP contribution in [0.2, 0.25) is 0 Å². The largest absolute Gasteiger partial charge is 0.490 e. The molecule has 1 fully saturated rings. The second-order valence-corrected chi connectivity index (χ2v) is 6.20. The third-order valence-corrected chi connectivity index (χ3v) is 3.84. The van der Waals surface area contributed by atoms with Crippen LogP contribution < -0.4 is 15.4 Å². The molecule has 0 aromatic heterocycles. The summed E-state index contributed by atoms with van der Waals surface area (Å²) >= 11 is 0. The van der Waals surface area contributed by atoms with E-state index in [1.165, 1.54) is 6.07 Å². The number of nitrogens with one attached hydrogen (secondary N) is 2. The molecule has 1 aromatic carbocycles. The van der Waals surface area contributed by atoms with Gasteiger partial charge in [-0.15, -0.1) is 0 Å². The first-order valence-corrected chi connectivity index (χ1v) is 8.16. The third kappa shape index (κ3) is 3.97. The van der Waals surface area contributed by atoms with Crippen LogP contribution in [-0.2, 0) is 10.8 Å². The Morgan fingerprint density at radius 3 is 2.80 bits per heavy atom. The summed E-state index contributed by atoms with van der Waals surface area (Å²) in [5.74, 6) is -1.01. The molecule has 2 rings (SSSR count). The molecule has 1 heterocycles. The molecule has 1 saturated heterocycles. The molecule has 7 heteroatoms. The minimum atomic E-state index is -1.00. The lowest BCUT2D eigenvalue weighted by Crippen LogP contribution is -2.43. The van der Waals surface area contributed by atoms with E-state index in [0.29, 0.717) is 17.9 Å². The molecule has 0 spiro atoms. The average Bonchev–Trinajstić information content (AvgIpc) is 2.42. The van der Waals surface area contributed by atoms with E-state index in [9.17, 15) is 13.0 Å². The summed E-state index contributed by atoms with van der Waals surface area (Å²) < 4.78 is 43.7. The molecular formula is C13H18F2N2O2S. The fourth-order valence-electron chi connectivity index (χ4n) is 2.06. The molecule has 4 nitrogen and oxygen atoms in total. The standard InChI is InChI=1S/C13H18F2N2O2S/c1-20(18)5-4-19-13-6-9(10(14)7-11(13)15)12-8-16-2-3-17-12/h6-7,12,16-17H,2-5,8H2,1H3. The van der Waals surface area contributed by atoms with Crippen molar-refractivity contribution in [2.45, 2.75) is 6.04 Å². The summed E-state index contributed by atoms with van der Waals surface area (Å²) in [6.07, 6.45) is 1.55. The molecule has 0 radical (unpaired) electrons. The van der Waals surface area contributed by atoms with Gasteiger partial charge in [0.25, 0.3) is 0 Å². The molecule has 0 saturated carbocycles. The van der Waals surface area contributed by atoms with E-state index < -0.39 is 22.4 Å². The Labute approximate surface area is 119 Å². The van der Waals surface area contributed by atoms with Crippen molar-refractivity contribution in [2.75, 3.05) is 38.2 Å². The predicted molar refractivity (Wildman–Crippen MR) is 74.4 cm³/mol. The van der Waals surface area contributed by atoms with E-state index in [-0.39, 0.29) is 18.4 Å². The molecule has 2 atom stereocenters. The number of benzene rings is 1. The minimum Gasteiger partial charge on any atom is -0.490 e. The molecule has 0 bridgehead atoms. The summed E-state index contributed by atoms with van der Waals surface area (Å²) in [6, 6.07) is 2.02. The lowest BCUT2D eigenvalue weighted by Gasteiger charge is -2.25. The van der Waals surface area contributed by atoms with Gasteiger partial charge in [0, 0.05) is 54.4 Å². The Morgan fingerprint density at radius 2 is 2.15 bits per heavy atom. The molecule has 0 aliphatic carbocycles. The Balaban J connectivity index is 2.13. The van der Waals surface area contributed by atoms with Gasteiger partial charge in [-0.3, -0.25) is 4.21 Å². The van der Waals surface area contributed by atoms with Gasteiger partial charge in [-0.1, -0.05) is 0 Å². The van der Waals surface area contributed by atoms with Crippen molar-refractivity contribution >= 4 is 10.8 Å². The Morgan fingerprint density at radius 1 is 1.35 bits per heavy atom. The Kier molecular flexibility index (Phi) is 5.45. The third-order valence-electron chi connectivity index (χ3n) is 3.10. The fraction of sp³-hybridized carbons (Fsp3) is 0.538. The maximum Gasteiger partial charge on any atom is 0.167 e. The predicted octanol–water partition coefficient (Wildman–Crippen LogP) is 0.956. The van der Waals surface area contributed by atoms with Crippen LogP contribution in [0.5, 0.6) is 5.75 Å². The van der Waals surface area contributed by atoms with Crippen LogP contribution >= 0.6 is 0 Å². The second-order valence-electron chi connectivity index (χ2n) is 4.64. The van der Waals surface area contributed by atoms with Crippen molar-refractivity contribution in [3.8, 4) is 5.75 Å². The van der Waals surface area contributed by atoms with Crippen molar-refractivity contribution in [1.29, 1.82) is 0 Å². The normalized spacial score (nSPS) is 20.6. The van der Waals surface area contributed by atoms with Gasteiger partial charge >= 0.3 is 0 Å². The molecule has 1 aromatic rings. The van der Waals surface area contributed by atoms with Gasteiger partial charge in [0.2, 0.25) is 0 Å². The topological polar surface area (TPSA) is 50.4 Å². The smallest absolute Gasteiger partial charge is 0.167 e. The lowest BCUT2D eigenvalue weighted by atomic mass is 10.0. The molecular weight excluding hydrogens is 286 g/mol. The van der Waals surface area contributed by atoms with Crippen molar-refractivity contribution in [2.24, 2.45) is 0 Å². The van der Waals surface area contributed by atoms with Crippen LogP contribution in [0.1, 0.15) is 11.6 Å². The average molecular weight is 304 g/mol. The molecule has 0 amide bonds. The van der Waals surface area contributed by atoms with Crippen LogP contribution in [0.4, 0.5) is 8.78 Å². The first-order chi connectivity index (χ1) is 9.58. The number of hydrogen-bond acceptors (Lipinski definition) is 4. The van der Waals surface area contributed by atoms with Crippen molar-refractivity contribution in [1.82, 2.24) is 10.6 Å². The van der Waals surface area contributed by atoms with Crippen LogP contribution in [0.25, 0.3) is 0 Å². The van der Waals surface area contributed by atoms with Gasteiger partial charge in [-0.05, 0) is 6.07 Å². The van der Waals surface area contributed by atoms with Gasteiger partial charge in [0.1, 0.15) is 5.82 Å². The highest BCUT2D eigenvalue weighted by molar-refractivity contribution is 7.84. The zero-order valence-corrected chi connectivity index (χ0v) is 12.1. The summed E-state index contributed by atoms with van der Waals surface area (Å²) in [7, 11) is -1.00. The van der Waals surface area contributed by atoms with E-state index in [1.807, 2.05) is 0 Å². The SMILES string of the molecule is CS(=O)CCOc1cc(C2CNCCN2)c(F)cc1F. The summed E-state index contributed by atoms with van der Waals surface area (Å²) in [4.78, 5) is 0. The molecule has 2 N–H and O–H groups in total. The Bertz CT molecular complexity index is 494. The van der Waals surface area contributed by atoms with Gasteiger partial charge in [0.15, 0.2) is 11.6 Å². The van der Waals surface area contributed by atoms with E-state index in [2.05, 4.69) is 10.6 Å². The highest BCUT2D eigenvalue weighted by Gasteiger charge is 2.20. The van der Waals surface area contributed by atoms with Gasteiger partial charge in [-0.25, -0.2) is 8.78 Å². The van der Waals surface area contributed by atoms with E-state index in [0.717, 1.165) is 19.2 Å². The van der Waals surface area contributed by atoms with Crippen molar-refractivity contribution < 1.29 is 17.7 Å². The Hall–Kier alpha value is -1.05. The number of hydrogen-bond donors (Lipinski definition) is 2. The van der Waals surface area contributed by atoms with Crippen LogP contribution in [-0.4, -0.2) is 42.5 Å². The summed E-state index contributed by atoms with van der Waals surface area (Å²) in [5.41, 5.74) is 0.381. The molecule has 20 heavy (non-hydrogen) atoms. The molecule has 1 aliphatic rings. The number of piperazine rings is 1. The zero-order valence-electron chi connectivity index (χ0n) is 11.2. The maximum absolute atomic E-state index is 13.9. The number of ether oxygens (including phenoxy) is 1. The quantitative estimate of drug-likeness (QED) is 0.851. The number of halogens is 2. The summed E-state index contributed by atoms with van der Waals surface area (Å²) in [5, 5.41) is 6.32. The first kappa shape index (κ1) is 15.3. The molecule has 112 valence electrons. The van der Waals surface area contributed by atoms with Gasteiger partial charge < -0.3 is 15.4 Å². The van der Waals surface area contributed by atoms with Crippen LogP contribution in [0, 0.1) is 11.6 Å². The maximum atomic E-state index is 13.9. The minimum absolute atomic E-state index is 0.000719. The zero-order chi connectivity index (χ0) is 14.5. The van der Waals surface area contributed by atoms with Crippen LogP contribution in [0.3, 0.4) is 0 Å². The van der Waals surface area contributed by atoms with Crippen molar-refractivity contribution in [3.05, 3.63) is 29.3 Å². The van der Waals surface area contributed by atoms with Crippen LogP contribution in [0.15, 0.2) is 12.1 Å². The second kappa shape index (κ2) is 7.10. The summed E-state index contributed by atoms with van der Waals surface area (Å²) in [6.45, 7) is 2.28. The lowest BCUT2D eigenvalue weighted by molar-refractivity contribution is 0.320. The van der Waals surface area contributed by atoms with E-state index in [1.54, 1.807) is 6.26 Å². The van der Waals surface area contributed by atoms with E-state index in [4.69, 9.17) is 4.74 Å². The highest BCUT2D eigenvalue weighted by atomic mass is 32.2. The molecule has 1 aliphatic heterocycles. The van der Waals surface area contributed by atoms with E-state index >= 15 is 0 Å². The molecule has 2 unspecified atom stereocenters. The number of rotatable bonds is 5.